The number of hydrogen-bond donors (Lipinski definition) is 1. The molecule has 1 N–H and O–H groups in total. The van der Waals surface area contributed by atoms with E-state index in [9.17, 15) is 4.79 Å². The van der Waals surface area contributed by atoms with Gasteiger partial charge in [0, 0.05) is 44.0 Å². The minimum absolute atomic E-state index is 0.0411. The lowest BCUT2D eigenvalue weighted by molar-refractivity contribution is -0.127. The van der Waals surface area contributed by atoms with Crippen molar-refractivity contribution in [1.82, 2.24) is 10.2 Å². The molecular formula is C29H35N3O3. The van der Waals surface area contributed by atoms with Crippen LogP contribution in [-0.2, 0) is 11.3 Å². The second-order valence-corrected chi connectivity index (χ2v) is 8.93. The average molecular weight is 474 g/mol. The SMILES string of the molecule is COc1cccc(C(C(=O)NCc2ccccc2)N2CCN(c3cccc(C)c3C)CC2)c1OC. The highest BCUT2D eigenvalue weighted by Gasteiger charge is 2.33. The molecule has 0 spiro atoms. The third kappa shape index (κ3) is 5.43. The van der Waals surface area contributed by atoms with E-state index in [1.54, 1.807) is 14.2 Å². The van der Waals surface area contributed by atoms with Crippen LogP contribution >= 0.6 is 0 Å². The molecule has 6 heteroatoms. The fourth-order valence-electron chi connectivity index (χ4n) is 4.81. The quantitative estimate of drug-likeness (QED) is 0.522. The van der Waals surface area contributed by atoms with Crippen LogP contribution < -0.4 is 19.7 Å². The molecule has 0 aliphatic carbocycles. The standard InChI is InChI=1S/C29H35N3O3/c1-21-10-8-14-25(22(21)2)31-16-18-32(19-17-31)27(24-13-9-15-26(34-3)28(24)35-4)29(33)30-20-23-11-6-5-7-12-23/h5-15,27H,16-20H2,1-4H3,(H,30,33). The van der Waals surface area contributed by atoms with Crippen LogP contribution in [0.5, 0.6) is 11.5 Å². The number of carbonyl (C=O) groups excluding carboxylic acids is 1. The molecule has 1 amide bonds. The summed E-state index contributed by atoms with van der Waals surface area (Å²) in [5.41, 5.74) is 5.76. The highest BCUT2D eigenvalue weighted by molar-refractivity contribution is 5.84. The van der Waals surface area contributed by atoms with E-state index in [0.717, 1.165) is 37.3 Å². The Morgan fingerprint density at radius 1 is 0.886 bits per heavy atom. The molecule has 4 rings (SSSR count). The van der Waals surface area contributed by atoms with Gasteiger partial charge in [0.05, 0.1) is 14.2 Å². The molecule has 184 valence electrons. The lowest BCUT2D eigenvalue weighted by Crippen LogP contribution is -2.51. The Balaban J connectivity index is 1.59. The Kier molecular flexibility index (Phi) is 7.93. The molecule has 1 unspecified atom stereocenters. The predicted molar refractivity (Wildman–Crippen MR) is 140 cm³/mol. The van der Waals surface area contributed by atoms with Crippen molar-refractivity contribution in [2.75, 3.05) is 45.3 Å². The van der Waals surface area contributed by atoms with E-state index < -0.39 is 6.04 Å². The van der Waals surface area contributed by atoms with Crippen LogP contribution in [0.4, 0.5) is 5.69 Å². The third-order valence-electron chi connectivity index (χ3n) is 6.88. The first-order chi connectivity index (χ1) is 17.0. The number of para-hydroxylation sites is 1. The monoisotopic (exact) mass is 473 g/mol. The number of nitrogens with one attached hydrogen (secondary N) is 1. The van der Waals surface area contributed by atoms with Gasteiger partial charge in [-0.25, -0.2) is 0 Å². The van der Waals surface area contributed by atoms with Crippen molar-refractivity contribution in [3.05, 3.63) is 89.0 Å². The van der Waals surface area contributed by atoms with E-state index >= 15 is 0 Å². The Labute approximate surface area is 208 Å². The molecule has 0 aromatic heterocycles. The van der Waals surface area contributed by atoms with E-state index in [2.05, 4.69) is 47.2 Å². The van der Waals surface area contributed by atoms with Gasteiger partial charge >= 0.3 is 0 Å². The molecule has 1 saturated heterocycles. The van der Waals surface area contributed by atoms with Gasteiger partial charge in [0.25, 0.3) is 0 Å². The smallest absolute Gasteiger partial charge is 0.242 e. The molecule has 1 atom stereocenters. The summed E-state index contributed by atoms with van der Waals surface area (Å²) in [4.78, 5) is 18.3. The Morgan fingerprint density at radius 2 is 1.60 bits per heavy atom. The van der Waals surface area contributed by atoms with Gasteiger partial charge in [-0.3, -0.25) is 9.69 Å². The van der Waals surface area contributed by atoms with Crippen molar-refractivity contribution in [2.45, 2.75) is 26.4 Å². The highest BCUT2D eigenvalue weighted by Crippen LogP contribution is 2.38. The van der Waals surface area contributed by atoms with Gasteiger partial charge in [-0.1, -0.05) is 54.6 Å². The molecular weight excluding hydrogens is 438 g/mol. The van der Waals surface area contributed by atoms with Crippen LogP contribution in [0, 0.1) is 13.8 Å². The first kappa shape index (κ1) is 24.6. The second kappa shape index (κ2) is 11.3. The molecule has 1 aliphatic heterocycles. The van der Waals surface area contributed by atoms with Gasteiger partial charge in [-0.05, 0) is 42.7 Å². The Morgan fingerprint density at radius 3 is 2.29 bits per heavy atom. The van der Waals surface area contributed by atoms with E-state index in [-0.39, 0.29) is 5.91 Å². The van der Waals surface area contributed by atoms with Gasteiger partial charge in [-0.15, -0.1) is 0 Å². The number of rotatable bonds is 8. The molecule has 35 heavy (non-hydrogen) atoms. The lowest BCUT2D eigenvalue weighted by atomic mass is 10.0. The highest BCUT2D eigenvalue weighted by atomic mass is 16.5. The van der Waals surface area contributed by atoms with E-state index in [4.69, 9.17) is 9.47 Å². The number of piperazine rings is 1. The van der Waals surface area contributed by atoms with Gasteiger partial charge in [0.2, 0.25) is 5.91 Å². The summed E-state index contributed by atoms with van der Waals surface area (Å²) < 4.78 is 11.3. The summed E-state index contributed by atoms with van der Waals surface area (Å²) in [5.74, 6) is 1.19. The van der Waals surface area contributed by atoms with Crippen LogP contribution in [0.15, 0.2) is 66.7 Å². The number of carbonyl (C=O) groups is 1. The lowest BCUT2D eigenvalue weighted by Gasteiger charge is -2.40. The zero-order chi connectivity index (χ0) is 24.8. The number of aryl methyl sites for hydroxylation is 1. The Bertz CT molecular complexity index is 1140. The van der Waals surface area contributed by atoms with Crippen molar-refractivity contribution >= 4 is 11.6 Å². The van der Waals surface area contributed by atoms with Crippen molar-refractivity contribution in [2.24, 2.45) is 0 Å². The Hall–Kier alpha value is -3.51. The predicted octanol–water partition coefficient (Wildman–Crippen LogP) is 4.50. The average Bonchev–Trinajstić information content (AvgIpc) is 2.90. The molecule has 0 saturated carbocycles. The maximum atomic E-state index is 13.7. The van der Waals surface area contributed by atoms with Gasteiger partial charge in [0.1, 0.15) is 6.04 Å². The van der Waals surface area contributed by atoms with Crippen LogP contribution in [0.1, 0.15) is 28.3 Å². The fourth-order valence-corrected chi connectivity index (χ4v) is 4.81. The number of ether oxygens (including phenoxy) is 2. The molecule has 3 aromatic carbocycles. The van der Waals surface area contributed by atoms with E-state index in [1.165, 1.54) is 16.8 Å². The van der Waals surface area contributed by atoms with E-state index in [1.807, 2.05) is 48.5 Å². The van der Waals surface area contributed by atoms with Crippen LogP contribution in [0.3, 0.4) is 0 Å². The molecule has 1 aliphatic rings. The van der Waals surface area contributed by atoms with Crippen molar-refractivity contribution in [3.8, 4) is 11.5 Å². The zero-order valence-corrected chi connectivity index (χ0v) is 21.1. The second-order valence-electron chi connectivity index (χ2n) is 8.93. The summed E-state index contributed by atoms with van der Waals surface area (Å²) in [6, 6.07) is 21.7. The topological polar surface area (TPSA) is 54.0 Å². The summed E-state index contributed by atoms with van der Waals surface area (Å²) in [7, 11) is 3.24. The molecule has 1 fully saturated rings. The minimum atomic E-state index is -0.482. The van der Waals surface area contributed by atoms with Crippen molar-refractivity contribution in [1.29, 1.82) is 0 Å². The molecule has 0 radical (unpaired) electrons. The fraction of sp³-hybridized carbons (Fsp3) is 0.345. The van der Waals surface area contributed by atoms with Gasteiger partial charge in [0.15, 0.2) is 11.5 Å². The molecule has 3 aromatic rings. The summed E-state index contributed by atoms with van der Waals surface area (Å²) >= 11 is 0. The normalized spacial score (nSPS) is 14.9. The van der Waals surface area contributed by atoms with Crippen molar-refractivity contribution in [3.63, 3.8) is 0 Å². The summed E-state index contributed by atoms with van der Waals surface area (Å²) in [6.07, 6.45) is 0. The number of anilines is 1. The third-order valence-corrected chi connectivity index (χ3v) is 6.88. The number of hydrogen-bond acceptors (Lipinski definition) is 5. The summed E-state index contributed by atoms with van der Waals surface area (Å²) in [6.45, 7) is 8.02. The van der Waals surface area contributed by atoms with Crippen LogP contribution in [-0.4, -0.2) is 51.2 Å². The maximum absolute atomic E-state index is 13.7. The van der Waals surface area contributed by atoms with Crippen LogP contribution in [0.2, 0.25) is 0 Å². The molecule has 0 bridgehead atoms. The van der Waals surface area contributed by atoms with Gasteiger partial charge < -0.3 is 19.7 Å². The minimum Gasteiger partial charge on any atom is -0.493 e. The number of benzene rings is 3. The first-order valence-corrected chi connectivity index (χ1v) is 12.1. The number of methoxy groups -OCH3 is 2. The number of amides is 1. The zero-order valence-electron chi connectivity index (χ0n) is 21.1. The summed E-state index contributed by atoms with van der Waals surface area (Å²) in [5, 5.41) is 3.15. The molecule has 1 heterocycles. The largest absolute Gasteiger partial charge is 0.493 e. The van der Waals surface area contributed by atoms with Crippen LogP contribution in [0.25, 0.3) is 0 Å². The van der Waals surface area contributed by atoms with E-state index in [0.29, 0.717) is 18.0 Å². The first-order valence-electron chi connectivity index (χ1n) is 12.1. The van der Waals surface area contributed by atoms with Crippen molar-refractivity contribution < 1.29 is 14.3 Å². The number of nitrogens with zero attached hydrogens (tertiary/aromatic N) is 2. The molecule has 6 nitrogen and oxygen atoms in total. The van der Waals surface area contributed by atoms with Gasteiger partial charge in [-0.2, -0.15) is 0 Å². The maximum Gasteiger partial charge on any atom is 0.242 e.